The molecule has 0 saturated heterocycles. The Kier molecular flexibility index (Phi) is 7.85. The molecule has 2 aromatic rings. The molecule has 0 spiro atoms. The Morgan fingerprint density at radius 1 is 1.08 bits per heavy atom. The van der Waals surface area contributed by atoms with Gasteiger partial charge in [-0.2, -0.15) is 26.3 Å². The number of alkyl halides is 6. The Bertz CT molecular complexity index is 1250. The largest absolute Gasteiger partial charge is 0.430 e. The van der Waals surface area contributed by atoms with Crippen LogP contribution in [0.15, 0.2) is 52.5 Å². The van der Waals surface area contributed by atoms with Crippen molar-refractivity contribution in [3.8, 4) is 0 Å². The van der Waals surface area contributed by atoms with Crippen molar-refractivity contribution >= 4 is 21.4 Å². The molecule has 1 heterocycles. The molecule has 2 aromatic carbocycles. The minimum atomic E-state index is -6.09. The van der Waals surface area contributed by atoms with Gasteiger partial charge < -0.3 is 9.94 Å². The lowest BCUT2D eigenvalue weighted by atomic mass is 9.87. The van der Waals surface area contributed by atoms with Crippen LogP contribution < -0.4 is 4.31 Å². The third kappa shape index (κ3) is 5.40. The number of benzene rings is 2. The summed E-state index contributed by atoms with van der Waals surface area (Å²) in [5.74, 6) is -0.711. The molecule has 0 radical (unpaired) electrons. The topological polar surface area (TPSA) is 79.2 Å². The van der Waals surface area contributed by atoms with Crippen molar-refractivity contribution in [3.63, 3.8) is 0 Å². The zero-order valence-corrected chi connectivity index (χ0v) is 20.4. The molecule has 14 heteroatoms. The number of sulfonamides is 1. The smallest absolute Gasteiger partial charge is 0.396 e. The number of halogens is 7. The van der Waals surface area contributed by atoms with Gasteiger partial charge in [0.2, 0.25) is 0 Å². The van der Waals surface area contributed by atoms with Crippen LogP contribution in [0.2, 0.25) is 0 Å². The highest BCUT2D eigenvalue weighted by Gasteiger charge is 2.71. The maximum Gasteiger partial charge on any atom is 0.430 e. The minimum absolute atomic E-state index is 0.00628. The first-order chi connectivity index (χ1) is 17.0. The predicted octanol–water partition coefficient (Wildman–Crippen LogP) is 5.45. The van der Waals surface area contributed by atoms with E-state index in [4.69, 9.17) is 4.84 Å². The van der Waals surface area contributed by atoms with Gasteiger partial charge in [0.15, 0.2) is 0 Å². The molecule has 1 aliphatic heterocycles. The van der Waals surface area contributed by atoms with Crippen LogP contribution in [0.5, 0.6) is 0 Å². The molecule has 3 rings (SSSR count). The van der Waals surface area contributed by atoms with Gasteiger partial charge in [-0.15, -0.1) is 0 Å². The summed E-state index contributed by atoms with van der Waals surface area (Å²) < 4.78 is 122. The summed E-state index contributed by atoms with van der Waals surface area (Å²) in [4.78, 5) is 4.64. The van der Waals surface area contributed by atoms with E-state index in [1.807, 2.05) is 0 Å². The van der Waals surface area contributed by atoms with Gasteiger partial charge in [0.25, 0.3) is 15.6 Å². The van der Waals surface area contributed by atoms with Crippen LogP contribution in [0, 0.1) is 5.82 Å². The van der Waals surface area contributed by atoms with E-state index in [0.29, 0.717) is 17.8 Å². The second kappa shape index (κ2) is 10.1. The summed E-state index contributed by atoms with van der Waals surface area (Å²) in [5.41, 5.74) is -6.56. The number of nitrogens with zero attached hydrogens (tertiary/aromatic N) is 2. The van der Waals surface area contributed by atoms with Crippen LogP contribution in [-0.2, 0) is 26.9 Å². The van der Waals surface area contributed by atoms with Crippen LogP contribution in [0.4, 0.5) is 36.4 Å². The van der Waals surface area contributed by atoms with Crippen LogP contribution in [-0.4, -0.2) is 44.2 Å². The molecule has 6 nitrogen and oxygen atoms in total. The van der Waals surface area contributed by atoms with Gasteiger partial charge in [-0.25, -0.2) is 12.8 Å². The van der Waals surface area contributed by atoms with Crippen LogP contribution in [0.3, 0.4) is 0 Å². The van der Waals surface area contributed by atoms with E-state index >= 15 is 0 Å². The van der Waals surface area contributed by atoms with E-state index in [0.717, 1.165) is 34.6 Å². The number of fused-ring (bicyclic) bond motifs is 1. The third-order valence-corrected chi connectivity index (χ3v) is 7.77. The highest BCUT2D eigenvalue weighted by molar-refractivity contribution is 7.92. The monoisotopic (exact) mass is 556 g/mol. The fourth-order valence-corrected chi connectivity index (χ4v) is 5.85. The Morgan fingerprint density at radius 2 is 1.68 bits per heavy atom. The summed E-state index contributed by atoms with van der Waals surface area (Å²) in [6, 6.07) is 4.69. The molecule has 204 valence electrons. The molecular weight excluding hydrogens is 533 g/mol. The van der Waals surface area contributed by atoms with Gasteiger partial charge in [-0.1, -0.05) is 17.3 Å². The summed E-state index contributed by atoms with van der Waals surface area (Å²) in [6.45, 7) is 3.50. The molecule has 0 fully saturated rings. The van der Waals surface area contributed by atoms with Gasteiger partial charge in [0.05, 0.1) is 22.3 Å². The molecule has 1 atom stereocenters. The quantitative estimate of drug-likeness (QED) is 0.280. The van der Waals surface area contributed by atoms with Crippen molar-refractivity contribution in [2.45, 2.75) is 62.0 Å². The number of oxime groups is 1. The Morgan fingerprint density at radius 3 is 2.22 bits per heavy atom. The van der Waals surface area contributed by atoms with Crippen molar-refractivity contribution in [2.75, 3.05) is 10.9 Å². The van der Waals surface area contributed by atoms with E-state index < -0.39 is 45.4 Å². The first-order valence-corrected chi connectivity index (χ1v) is 12.4. The molecule has 0 saturated carbocycles. The fourth-order valence-electron chi connectivity index (χ4n) is 4.13. The Balaban J connectivity index is 2.18. The number of hydrogen-bond acceptors (Lipinski definition) is 5. The number of aryl methyl sites for hydroxylation is 1. The molecule has 1 aliphatic rings. The summed E-state index contributed by atoms with van der Waals surface area (Å²) in [5, 5.41) is 13.6. The molecule has 37 heavy (non-hydrogen) atoms. The first kappa shape index (κ1) is 28.7. The van der Waals surface area contributed by atoms with Gasteiger partial charge in [0.1, 0.15) is 12.4 Å². The van der Waals surface area contributed by atoms with Gasteiger partial charge in [-0.05, 0) is 62.6 Å². The average molecular weight is 557 g/mol. The third-order valence-electron chi connectivity index (χ3n) is 5.88. The summed E-state index contributed by atoms with van der Waals surface area (Å²) in [6.07, 6.45) is -12.2. The zero-order chi connectivity index (χ0) is 27.8. The lowest BCUT2D eigenvalue weighted by Gasteiger charge is -2.39. The molecule has 0 amide bonds. The molecule has 0 bridgehead atoms. The standard InChI is InChI=1S/C23H23F7N2O4S/c1-3-36-31-14(2)12-18-8-4-15-13-16(21(33,22(25,26)27)23(28,29)30)5-11-20(15)32(18)37(34,35)19-9-6-17(24)7-10-19/h5-7,9-11,13,18,33H,3-4,8,12H2,1-2H3/b31-14+/t18-/m0/s1. The number of rotatable bonds is 7. The van der Waals surface area contributed by atoms with E-state index in [2.05, 4.69) is 5.16 Å². The maximum atomic E-state index is 13.6. The van der Waals surface area contributed by atoms with Crippen molar-refractivity contribution < 1.29 is 49.1 Å². The van der Waals surface area contributed by atoms with Crippen molar-refractivity contribution in [3.05, 3.63) is 59.4 Å². The Labute approximate surface area is 208 Å². The SMILES string of the molecule is CCO/N=C(\C)C[C@@H]1CCc2cc(C(O)(C(F)(F)F)C(F)(F)F)ccc2N1S(=O)(=O)c1ccc(F)cc1. The number of aliphatic hydroxyl groups is 1. The molecule has 0 aromatic heterocycles. The lowest BCUT2D eigenvalue weighted by molar-refractivity contribution is -0.376. The van der Waals surface area contributed by atoms with Crippen molar-refractivity contribution in [2.24, 2.45) is 5.16 Å². The second-order valence-corrected chi connectivity index (χ2v) is 10.3. The van der Waals surface area contributed by atoms with E-state index in [1.54, 1.807) is 13.8 Å². The van der Waals surface area contributed by atoms with Crippen LogP contribution in [0.25, 0.3) is 0 Å². The van der Waals surface area contributed by atoms with E-state index in [1.165, 1.54) is 0 Å². The number of anilines is 1. The van der Waals surface area contributed by atoms with Gasteiger partial charge in [-0.3, -0.25) is 4.31 Å². The summed E-state index contributed by atoms with van der Waals surface area (Å²) >= 11 is 0. The maximum absolute atomic E-state index is 13.6. The molecule has 0 unspecified atom stereocenters. The van der Waals surface area contributed by atoms with Gasteiger partial charge >= 0.3 is 12.4 Å². The van der Waals surface area contributed by atoms with Crippen LogP contribution in [0.1, 0.15) is 37.8 Å². The highest BCUT2D eigenvalue weighted by atomic mass is 32.2. The molecular formula is C23H23F7N2O4S. The fraction of sp³-hybridized carbons (Fsp3) is 0.435. The lowest BCUT2D eigenvalue weighted by Crippen LogP contribution is -2.54. The van der Waals surface area contributed by atoms with E-state index in [-0.39, 0.29) is 42.0 Å². The van der Waals surface area contributed by atoms with Gasteiger partial charge in [0, 0.05) is 12.0 Å². The highest BCUT2D eigenvalue weighted by Crippen LogP contribution is 2.51. The first-order valence-electron chi connectivity index (χ1n) is 11.0. The second-order valence-electron chi connectivity index (χ2n) is 8.45. The van der Waals surface area contributed by atoms with E-state index in [9.17, 15) is 44.3 Å². The van der Waals surface area contributed by atoms with Crippen molar-refractivity contribution in [1.82, 2.24) is 0 Å². The minimum Gasteiger partial charge on any atom is -0.396 e. The molecule has 0 aliphatic carbocycles. The molecule has 1 N–H and O–H groups in total. The van der Waals surface area contributed by atoms with Crippen LogP contribution >= 0.6 is 0 Å². The normalized spacial score (nSPS) is 17.5. The predicted molar refractivity (Wildman–Crippen MR) is 120 cm³/mol. The Hall–Kier alpha value is -2.87. The average Bonchev–Trinajstić information content (AvgIpc) is 2.80. The van der Waals surface area contributed by atoms with Crippen molar-refractivity contribution in [1.29, 1.82) is 0 Å². The number of hydrogen-bond donors (Lipinski definition) is 1. The summed E-state index contributed by atoms with van der Waals surface area (Å²) in [7, 11) is -4.45. The zero-order valence-electron chi connectivity index (χ0n) is 19.6.